The van der Waals surface area contributed by atoms with Gasteiger partial charge in [-0.25, -0.2) is 0 Å². The van der Waals surface area contributed by atoms with E-state index < -0.39 is 6.04 Å². The highest BCUT2D eigenvalue weighted by Crippen LogP contribution is 2.77. The second-order valence-corrected chi connectivity index (χ2v) is 11.1. The maximum absolute atomic E-state index is 12.9. The fourth-order valence-corrected chi connectivity index (χ4v) is 4.87. The number of methoxy groups -OCH3 is 1. The van der Waals surface area contributed by atoms with E-state index in [1.165, 1.54) is 25.7 Å². The quantitative estimate of drug-likeness (QED) is 0.674. The Bertz CT molecular complexity index is 604. The van der Waals surface area contributed by atoms with Crippen molar-refractivity contribution in [1.82, 2.24) is 10.2 Å². The molecule has 2 spiro atoms. The van der Waals surface area contributed by atoms with Gasteiger partial charge < -0.3 is 20.1 Å². The molecule has 3 fully saturated rings. The number of hydrogen-bond donors (Lipinski definition) is 2. The van der Waals surface area contributed by atoms with Crippen LogP contribution in [-0.4, -0.2) is 60.1 Å². The normalized spacial score (nSPS) is 27.1. The highest BCUT2D eigenvalue weighted by atomic mass is 16.5. The van der Waals surface area contributed by atoms with E-state index in [1.807, 2.05) is 46.4 Å². The van der Waals surface area contributed by atoms with Crippen molar-refractivity contribution in [1.29, 1.82) is 0 Å². The maximum atomic E-state index is 12.9. The Hall–Kier alpha value is -1.63. The van der Waals surface area contributed by atoms with Gasteiger partial charge in [0, 0.05) is 19.7 Å². The third kappa shape index (κ3) is 5.96. The van der Waals surface area contributed by atoms with Crippen molar-refractivity contribution < 1.29 is 24.2 Å². The summed E-state index contributed by atoms with van der Waals surface area (Å²) in [6.07, 6.45) is 7.20. The summed E-state index contributed by atoms with van der Waals surface area (Å²) in [6.45, 7) is 14.9. The minimum atomic E-state index is -0.427. The molecule has 7 heteroatoms. The minimum absolute atomic E-state index is 0.0417. The Labute approximate surface area is 181 Å². The van der Waals surface area contributed by atoms with Crippen molar-refractivity contribution in [3.05, 3.63) is 0 Å². The fourth-order valence-electron chi connectivity index (χ4n) is 4.87. The van der Waals surface area contributed by atoms with Gasteiger partial charge in [0.05, 0.1) is 5.60 Å². The van der Waals surface area contributed by atoms with Crippen LogP contribution in [0.15, 0.2) is 0 Å². The predicted octanol–water partition coefficient (Wildman–Crippen LogP) is 3.46. The van der Waals surface area contributed by atoms with Gasteiger partial charge in [-0.2, -0.15) is 0 Å². The SMILES string of the molecule is CC1C[C@@]2(CN1C(=O)C(NC=O)C(C)(C)C)CC21CCC1.COC(C)(C)C.O=CO. The van der Waals surface area contributed by atoms with Crippen LogP contribution >= 0.6 is 0 Å². The van der Waals surface area contributed by atoms with Crippen molar-refractivity contribution in [3.8, 4) is 0 Å². The number of carbonyl (C=O) groups is 3. The summed E-state index contributed by atoms with van der Waals surface area (Å²) < 4.78 is 4.94. The molecule has 2 unspecified atom stereocenters. The van der Waals surface area contributed by atoms with Crippen molar-refractivity contribution in [2.75, 3.05) is 13.7 Å². The third-order valence-corrected chi connectivity index (χ3v) is 6.92. The highest BCUT2D eigenvalue weighted by Gasteiger charge is 2.72. The second-order valence-electron chi connectivity index (χ2n) is 11.1. The van der Waals surface area contributed by atoms with Gasteiger partial charge in [-0.3, -0.25) is 14.4 Å². The van der Waals surface area contributed by atoms with Gasteiger partial charge in [0.15, 0.2) is 0 Å². The van der Waals surface area contributed by atoms with E-state index in [1.54, 1.807) is 7.11 Å². The average molecular weight is 427 g/mol. The largest absolute Gasteiger partial charge is 0.483 e. The van der Waals surface area contributed by atoms with Gasteiger partial charge in [-0.15, -0.1) is 0 Å². The lowest BCUT2D eigenvalue weighted by atomic mass is 9.74. The molecular formula is C23H42N2O5. The molecule has 30 heavy (non-hydrogen) atoms. The number of carboxylic acid groups (broad SMARTS) is 1. The predicted molar refractivity (Wildman–Crippen MR) is 117 cm³/mol. The Morgan fingerprint density at radius 2 is 1.67 bits per heavy atom. The summed E-state index contributed by atoms with van der Waals surface area (Å²) in [6, 6.07) is -0.125. The molecule has 2 saturated carbocycles. The molecule has 0 radical (unpaired) electrons. The summed E-state index contributed by atoms with van der Waals surface area (Å²) in [5.74, 6) is 0.0975. The summed E-state index contributed by atoms with van der Waals surface area (Å²) in [4.78, 5) is 34.2. The first-order valence-electron chi connectivity index (χ1n) is 10.9. The van der Waals surface area contributed by atoms with E-state index >= 15 is 0 Å². The maximum Gasteiger partial charge on any atom is 0.290 e. The number of likely N-dealkylation sites (tertiary alicyclic amines) is 1. The Balaban J connectivity index is 0.000000426. The molecule has 3 rings (SSSR count). The van der Waals surface area contributed by atoms with E-state index in [2.05, 4.69) is 12.2 Å². The minimum Gasteiger partial charge on any atom is -0.483 e. The molecule has 0 aromatic heterocycles. The summed E-state index contributed by atoms with van der Waals surface area (Å²) in [5, 5.41) is 9.63. The molecule has 174 valence electrons. The van der Waals surface area contributed by atoms with Crippen molar-refractivity contribution in [3.63, 3.8) is 0 Å². The number of fused-ring (bicyclic) bond motifs is 1. The Morgan fingerprint density at radius 3 is 1.97 bits per heavy atom. The molecule has 1 aliphatic heterocycles. The van der Waals surface area contributed by atoms with E-state index in [0.717, 1.165) is 13.0 Å². The van der Waals surface area contributed by atoms with Gasteiger partial charge in [0.2, 0.25) is 12.3 Å². The molecule has 0 aromatic carbocycles. The fraction of sp³-hybridized carbons (Fsp3) is 0.870. The summed E-state index contributed by atoms with van der Waals surface area (Å²) >= 11 is 0. The second kappa shape index (κ2) is 9.67. The van der Waals surface area contributed by atoms with Gasteiger partial charge >= 0.3 is 0 Å². The van der Waals surface area contributed by atoms with Crippen molar-refractivity contribution >= 4 is 18.8 Å². The Kier molecular flexibility index (Phi) is 8.51. The van der Waals surface area contributed by atoms with Gasteiger partial charge in [-0.1, -0.05) is 27.2 Å². The van der Waals surface area contributed by atoms with E-state index in [4.69, 9.17) is 14.6 Å². The first-order chi connectivity index (χ1) is 13.7. The van der Waals surface area contributed by atoms with Crippen LogP contribution in [0.2, 0.25) is 0 Å². The molecule has 3 aliphatic rings. The van der Waals surface area contributed by atoms with Crippen LogP contribution in [0.25, 0.3) is 0 Å². The number of rotatable bonds is 3. The molecule has 7 nitrogen and oxygen atoms in total. The molecule has 0 bridgehead atoms. The molecule has 3 atom stereocenters. The zero-order chi connectivity index (χ0) is 23.4. The molecule has 2 amide bonds. The van der Waals surface area contributed by atoms with Crippen LogP contribution < -0.4 is 5.32 Å². The van der Waals surface area contributed by atoms with E-state index in [9.17, 15) is 9.59 Å². The van der Waals surface area contributed by atoms with Crippen LogP contribution in [-0.2, 0) is 19.1 Å². The summed E-state index contributed by atoms with van der Waals surface area (Å²) in [5.41, 5.74) is 0.765. The van der Waals surface area contributed by atoms with E-state index in [0.29, 0.717) is 23.3 Å². The number of ether oxygens (including phenoxy) is 1. The number of nitrogens with zero attached hydrogens (tertiary/aromatic N) is 1. The number of carbonyl (C=O) groups excluding carboxylic acids is 2. The number of amides is 2. The van der Waals surface area contributed by atoms with Crippen LogP contribution in [0.3, 0.4) is 0 Å². The van der Waals surface area contributed by atoms with Crippen molar-refractivity contribution in [2.45, 2.75) is 98.3 Å². The van der Waals surface area contributed by atoms with Gasteiger partial charge in [0.25, 0.3) is 6.47 Å². The van der Waals surface area contributed by atoms with Crippen LogP contribution in [0.4, 0.5) is 0 Å². The molecule has 1 heterocycles. The molecular weight excluding hydrogens is 384 g/mol. The monoisotopic (exact) mass is 426 g/mol. The van der Waals surface area contributed by atoms with Gasteiger partial charge in [0.1, 0.15) is 6.04 Å². The van der Waals surface area contributed by atoms with Crippen LogP contribution in [0, 0.1) is 16.2 Å². The van der Waals surface area contributed by atoms with Gasteiger partial charge in [-0.05, 0) is 69.6 Å². The average Bonchev–Trinajstić information content (AvgIpc) is 3.13. The van der Waals surface area contributed by atoms with Crippen LogP contribution in [0.5, 0.6) is 0 Å². The smallest absolute Gasteiger partial charge is 0.290 e. The number of nitrogens with one attached hydrogen (secondary N) is 1. The topological polar surface area (TPSA) is 95.9 Å². The third-order valence-electron chi connectivity index (χ3n) is 6.92. The first-order valence-corrected chi connectivity index (χ1v) is 10.9. The number of hydrogen-bond acceptors (Lipinski definition) is 4. The highest BCUT2D eigenvalue weighted by molar-refractivity contribution is 5.85. The molecule has 0 aromatic rings. The van der Waals surface area contributed by atoms with Crippen LogP contribution in [0.1, 0.15) is 80.6 Å². The zero-order valence-corrected chi connectivity index (χ0v) is 20.1. The lowest BCUT2D eigenvalue weighted by Crippen LogP contribution is -2.53. The van der Waals surface area contributed by atoms with Crippen molar-refractivity contribution in [2.24, 2.45) is 16.2 Å². The lowest BCUT2D eigenvalue weighted by Gasteiger charge is -2.34. The summed E-state index contributed by atoms with van der Waals surface area (Å²) in [7, 11) is 1.71. The first kappa shape index (κ1) is 26.4. The standard InChI is InChI=1S/C17H28N2O2.C5H12O.CH2O2/c1-12-8-17(9-16(17)6-5-7-16)10-19(12)14(21)13(18-11-20)15(2,3)4;1-5(2,3)6-4;2-1-3/h11-13H,5-10H2,1-4H3,(H,18,20);1-4H3;1H,(H,2,3)/t12?,13?,17-;;/m0../s1. The molecule has 1 saturated heterocycles. The molecule has 2 aliphatic carbocycles. The zero-order valence-electron chi connectivity index (χ0n) is 20.1. The molecule has 2 N–H and O–H groups in total. The Morgan fingerprint density at radius 1 is 1.17 bits per heavy atom. The lowest BCUT2D eigenvalue weighted by molar-refractivity contribution is -0.138. The van der Waals surface area contributed by atoms with E-state index in [-0.39, 0.29) is 23.4 Å².